The van der Waals surface area contributed by atoms with Crippen LogP contribution in [-0.4, -0.2) is 16.1 Å². The van der Waals surface area contributed by atoms with Crippen LogP contribution in [0, 0.1) is 6.92 Å². The molecule has 0 fully saturated rings. The number of aliphatic carboxylic acids is 1. The fraction of sp³-hybridized carbons (Fsp3) is 0.400. The minimum atomic E-state index is -2.72. The van der Waals surface area contributed by atoms with Crippen LogP contribution in [0.5, 0.6) is 0 Å². The molecule has 0 spiro atoms. The topological polar surface area (TPSA) is 76.2 Å². The van der Waals surface area contributed by atoms with Gasteiger partial charge in [0, 0.05) is 18.3 Å². The molecule has 0 atom stereocenters. The summed E-state index contributed by atoms with van der Waals surface area (Å²) in [4.78, 5) is 14.5. The van der Waals surface area contributed by atoms with E-state index in [1.807, 2.05) is 0 Å². The Morgan fingerprint density at radius 3 is 2.69 bits per heavy atom. The normalized spacial score (nSPS) is 10.8. The van der Waals surface area contributed by atoms with E-state index in [9.17, 15) is 13.6 Å². The van der Waals surface area contributed by atoms with E-state index in [4.69, 9.17) is 10.8 Å². The van der Waals surface area contributed by atoms with Gasteiger partial charge in [-0.1, -0.05) is 0 Å². The number of nitrogens with zero attached hydrogens (tertiary/aromatic N) is 1. The molecular formula is C10H12F2N2O2. The number of aryl methyl sites for hydroxylation is 1. The van der Waals surface area contributed by atoms with Crippen molar-refractivity contribution < 1.29 is 18.7 Å². The van der Waals surface area contributed by atoms with Crippen LogP contribution >= 0.6 is 0 Å². The summed E-state index contributed by atoms with van der Waals surface area (Å²) in [6, 6.07) is 0. The number of rotatable bonds is 4. The number of halogens is 2. The van der Waals surface area contributed by atoms with Crippen molar-refractivity contribution in [2.75, 3.05) is 0 Å². The van der Waals surface area contributed by atoms with E-state index in [-0.39, 0.29) is 28.9 Å². The van der Waals surface area contributed by atoms with Crippen molar-refractivity contribution in [1.82, 2.24) is 4.98 Å². The fourth-order valence-electron chi connectivity index (χ4n) is 1.54. The van der Waals surface area contributed by atoms with E-state index in [1.165, 1.54) is 13.1 Å². The molecule has 0 aromatic carbocycles. The third-order valence-electron chi connectivity index (χ3n) is 2.25. The first kappa shape index (κ1) is 12.5. The van der Waals surface area contributed by atoms with E-state index in [0.29, 0.717) is 0 Å². The summed E-state index contributed by atoms with van der Waals surface area (Å²) in [6.45, 7) is 1.42. The summed E-state index contributed by atoms with van der Waals surface area (Å²) < 4.78 is 25.6. The minimum Gasteiger partial charge on any atom is -0.481 e. The third kappa shape index (κ3) is 2.52. The van der Waals surface area contributed by atoms with Gasteiger partial charge < -0.3 is 10.8 Å². The number of carboxylic acid groups (broad SMARTS) is 1. The lowest BCUT2D eigenvalue weighted by Crippen LogP contribution is -2.13. The van der Waals surface area contributed by atoms with Crippen LogP contribution in [0.1, 0.15) is 28.8 Å². The van der Waals surface area contributed by atoms with Crippen LogP contribution in [0.25, 0.3) is 0 Å². The zero-order valence-corrected chi connectivity index (χ0v) is 8.70. The molecule has 0 saturated heterocycles. The predicted octanol–water partition coefficient (Wildman–Crippen LogP) is 1.41. The summed E-state index contributed by atoms with van der Waals surface area (Å²) >= 11 is 0. The summed E-state index contributed by atoms with van der Waals surface area (Å²) in [5, 5.41) is 8.67. The van der Waals surface area contributed by atoms with Crippen molar-refractivity contribution in [2.24, 2.45) is 5.73 Å². The Morgan fingerprint density at radius 1 is 1.62 bits per heavy atom. The summed E-state index contributed by atoms with van der Waals surface area (Å²) in [7, 11) is 0. The molecular weight excluding hydrogens is 218 g/mol. The molecule has 0 bridgehead atoms. The number of hydrogen-bond donors (Lipinski definition) is 2. The molecule has 3 N–H and O–H groups in total. The average molecular weight is 230 g/mol. The highest BCUT2D eigenvalue weighted by atomic mass is 19.3. The van der Waals surface area contributed by atoms with Crippen LogP contribution in [-0.2, 0) is 17.8 Å². The molecule has 0 aliphatic carbocycles. The first-order chi connectivity index (χ1) is 7.47. The second-order valence-electron chi connectivity index (χ2n) is 3.36. The number of hydrogen-bond acceptors (Lipinski definition) is 3. The molecule has 1 aromatic heterocycles. The van der Waals surface area contributed by atoms with Gasteiger partial charge in [0.1, 0.15) is 0 Å². The Labute approximate surface area is 91.1 Å². The minimum absolute atomic E-state index is 0.0324. The van der Waals surface area contributed by atoms with E-state index in [2.05, 4.69) is 4.98 Å². The lowest BCUT2D eigenvalue weighted by Gasteiger charge is -2.13. The Balaban J connectivity index is 3.36. The molecule has 1 rings (SSSR count). The van der Waals surface area contributed by atoms with Crippen molar-refractivity contribution >= 4 is 5.97 Å². The van der Waals surface area contributed by atoms with Gasteiger partial charge in [-0.15, -0.1) is 0 Å². The lowest BCUT2D eigenvalue weighted by atomic mass is 9.99. The van der Waals surface area contributed by atoms with Crippen molar-refractivity contribution in [1.29, 1.82) is 0 Å². The number of alkyl halides is 2. The highest BCUT2D eigenvalue weighted by molar-refractivity contribution is 5.71. The van der Waals surface area contributed by atoms with Gasteiger partial charge in [0.15, 0.2) is 0 Å². The van der Waals surface area contributed by atoms with Gasteiger partial charge in [-0.2, -0.15) is 0 Å². The maximum Gasteiger partial charge on any atom is 0.307 e. The smallest absolute Gasteiger partial charge is 0.307 e. The van der Waals surface area contributed by atoms with Crippen molar-refractivity contribution in [2.45, 2.75) is 26.3 Å². The highest BCUT2D eigenvalue weighted by Crippen LogP contribution is 2.28. The number of nitrogens with two attached hydrogens (primary N) is 1. The van der Waals surface area contributed by atoms with Gasteiger partial charge in [0.05, 0.1) is 12.1 Å². The molecule has 4 nitrogen and oxygen atoms in total. The zero-order valence-electron chi connectivity index (χ0n) is 8.70. The zero-order chi connectivity index (χ0) is 12.3. The summed E-state index contributed by atoms with van der Waals surface area (Å²) in [6.07, 6.45) is -1.92. The fourth-order valence-corrected chi connectivity index (χ4v) is 1.54. The van der Waals surface area contributed by atoms with E-state index >= 15 is 0 Å². The van der Waals surface area contributed by atoms with Crippen LogP contribution in [0.3, 0.4) is 0 Å². The first-order valence-corrected chi connectivity index (χ1v) is 4.64. The van der Waals surface area contributed by atoms with Gasteiger partial charge in [-0.25, -0.2) is 8.78 Å². The van der Waals surface area contributed by atoms with Crippen LogP contribution in [0.15, 0.2) is 6.20 Å². The largest absolute Gasteiger partial charge is 0.481 e. The molecule has 88 valence electrons. The quantitative estimate of drug-likeness (QED) is 0.820. The number of carboxylic acids is 1. The Kier molecular flexibility index (Phi) is 3.89. The lowest BCUT2D eigenvalue weighted by molar-refractivity contribution is -0.136. The molecule has 1 heterocycles. The highest BCUT2D eigenvalue weighted by Gasteiger charge is 2.21. The second-order valence-corrected chi connectivity index (χ2v) is 3.36. The SMILES string of the molecule is Cc1cnc(CN)c(CC(=O)O)c1C(F)F. The van der Waals surface area contributed by atoms with E-state index < -0.39 is 18.8 Å². The number of aromatic nitrogens is 1. The standard InChI is InChI=1S/C10H12F2N2O2/c1-5-4-14-7(3-13)6(2-8(15)16)9(5)10(11)12/h4,10H,2-3,13H2,1H3,(H,15,16). The van der Waals surface area contributed by atoms with Gasteiger partial charge in [-0.3, -0.25) is 9.78 Å². The van der Waals surface area contributed by atoms with Gasteiger partial charge >= 0.3 is 5.97 Å². The molecule has 0 unspecified atom stereocenters. The van der Waals surface area contributed by atoms with Crippen molar-refractivity contribution in [3.05, 3.63) is 28.6 Å². The van der Waals surface area contributed by atoms with Crippen LogP contribution in [0.4, 0.5) is 8.78 Å². The molecule has 0 amide bonds. The first-order valence-electron chi connectivity index (χ1n) is 4.64. The van der Waals surface area contributed by atoms with Gasteiger partial charge in [0.25, 0.3) is 6.43 Å². The molecule has 0 aliphatic rings. The van der Waals surface area contributed by atoms with E-state index in [1.54, 1.807) is 0 Å². The molecule has 0 saturated carbocycles. The number of carbonyl (C=O) groups is 1. The third-order valence-corrected chi connectivity index (χ3v) is 2.25. The average Bonchev–Trinajstić information content (AvgIpc) is 2.16. The van der Waals surface area contributed by atoms with Gasteiger partial charge in [0.2, 0.25) is 0 Å². The molecule has 1 aromatic rings. The second kappa shape index (κ2) is 4.98. The molecule has 0 radical (unpaired) electrons. The van der Waals surface area contributed by atoms with Gasteiger partial charge in [-0.05, 0) is 18.1 Å². The Bertz CT molecular complexity index is 408. The Hall–Kier alpha value is -1.56. The monoisotopic (exact) mass is 230 g/mol. The maximum atomic E-state index is 12.8. The van der Waals surface area contributed by atoms with Crippen LogP contribution in [0.2, 0.25) is 0 Å². The molecule has 0 aliphatic heterocycles. The predicted molar refractivity (Wildman–Crippen MR) is 53.2 cm³/mol. The summed E-state index contributed by atoms with van der Waals surface area (Å²) in [5.74, 6) is -1.18. The molecule has 6 heteroatoms. The molecule has 16 heavy (non-hydrogen) atoms. The van der Waals surface area contributed by atoms with Crippen molar-refractivity contribution in [3.63, 3.8) is 0 Å². The maximum absolute atomic E-state index is 12.8. The van der Waals surface area contributed by atoms with Crippen molar-refractivity contribution in [3.8, 4) is 0 Å². The number of pyridine rings is 1. The Morgan fingerprint density at radius 2 is 2.25 bits per heavy atom. The van der Waals surface area contributed by atoms with Crippen LogP contribution < -0.4 is 5.73 Å². The summed E-state index contributed by atoms with van der Waals surface area (Å²) in [5.41, 5.74) is 5.60. The van der Waals surface area contributed by atoms with E-state index in [0.717, 1.165) is 0 Å².